The first-order valence-corrected chi connectivity index (χ1v) is 8.54. The summed E-state index contributed by atoms with van der Waals surface area (Å²) in [6.07, 6.45) is 2.67. The number of thiazole rings is 1. The van der Waals surface area contributed by atoms with E-state index in [-0.39, 0.29) is 0 Å². The smallest absolute Gasteiger partial charge is 0.186 e. The molecule has 1 atom stereocenters. The number of nitrogens with zero attached hydrogens (tertiary/aromatic N) is 2. The quantitative estimate of drug-likeness (QED) is 0.906. The fourth-order valence-corrected chi connectivity index (χ4v) is 3.88. The average Bonchev–Trinajstić information content (AvgIpc) is 3.15. The van der Waals surface area contributed by atoms with Crippen LogP contribution in [0.25, 0.3) is 0 Å². The van der Waals surface area contributed by atoms with Gasteiger partial charge < -0.3 is 15.0 Å². The summed E-state index contributed by atoms with van der Waals surface area (Å²) >= 11 is 1.86. The van der Waals surface area contributed by atoms with Crippen LogP contribution < -0.4 is 10.2 Å². The topological polar surface area (TPSA) is 37.4 Å². The summed E-state index contributed by atoms with van der Waals surface area (Å²) in [6, 6.07) is 1.18. The Morgan fingerprint density at radius 1 is 1.45 bits per heavy atom. The maximum absolute atomic E-state index is 5.53. The fourth-order valence-electron chi connectivity index (χ4n) is 2.59. The first-order chi connectivity index (χ1) is 9.65. The molecule has 2 fully saturated rings. The van der Waals surface area contributed by atoms with Crippen LogP contribution in [0.5, 0.6) is 0 Å². The molecule has 0 bridgehead atoms. The van der Waals surface area contributed by atoms with Crippen LogP contribution in [-0.2, 0) is 11.3 Å². The van der Waals surface area contributed by atoms with Gasteiger partial charge in [0.05, 0.1) is 24.9 Å². The van der Waals surface area contributed by atoms with Crippen LogP contribution in [0.2, 0.25) is 0 Å². The summed E-state index contributed by atoms with van der Waals surface area (Å²) in [5.74, 6) is 0.493. The van der Waals surface area contributed by atoms with Crippen LogP contribution in [-0.4, -0.2) is 36.8 Å². The predicted molar refractivity (Wildman–Crippen MR) is 83.7 cm³/mol. The lowest BCUT2D eigenvalue weighted by Crippen LogP contribution is -2.43. The molecule has 1 saturated heterocycles. The van der Waals surface area contributed by atoms with E-state index in [0.717, 1.165) is 32.3 Å². The molecular formula is C15H25N3OS. The normalized spacial score (nSPS) is 23.6. The number of aromatic nitrogens is 1. The summed E-state index contributed by atoms with van der Waals surface area (Å²) in [6.45, 7) is 10.3. The van der Waals surface area contributed by atoms with Crippen molar-refractivity contribution in [2.24, 2.45) is 0 Å². The second-order valence-electron chi connectivity index (χ2n) is 6.23. The number of rotatable bonds is 5. The number of hydrogen-bond acceptors (Lipinski definition) is 5. The molecular weight excluding hydrogens is 270 g/mol. The van der Waals surface area contributed by atoms with Crippen molar-refractivity contribution in [3.63, 3.8) is 0 Å². The monoisotopic (exact) mass is 295 g/mol. The number of morpholine rings is 1. The Bertz CT molecular complexity index is 456. The van der Waals surface area contributed by atoms with Crippen LogP contribution in [0.3, 0.4) is 0 Å². The number of anilines is 1. The molecule has 3 rings (SSSR count). The van der Waals surface area contributed by atoms with Crippen molar-refractivity contribution in [1.82, 2.24) is 10.3 Å². The summed E-state index contributed by atoms with van der Waals surface area (Å²) in [4.78, 5) is 8.75. The Morgan fingerprint density at radius 2 is 2.25 bits per heavy atom. The number of ether oxygens (including phenoxy) is 1. The molecule has 0 amide bonds. The first kappa shape index (κ1) is 14.3. The zero-order valence-electron chi connectivity index (χ0n) is 12.7. The molecule has 1 aliphatic carbocycles. The van der Waals surface area contributed by atoms with Crippen LogP contribution >= 0.6 is 11.3 Å². The molecule has 5 heteroatoms. The third-order valence-corrected chi connectivity index (χ3v) is 5.11. The lowest BCUT2D eigenvalue weighted by Gasteiger charge is -2.32. The Kier molecular flexibility index (Phi) is 4.29. The Labute approximate surface area is 125 Å². The van der Waals surface area contributed by atoms with Crippen molar-refractivity contribution in [1.29, 1.82) is 0 Å². The molecule has 4 nitrogen and oxygen atoms in total. The van der Waals surface area contributed by atoms with Gasteiger partial charge in [-0.3, -0.25) is 0 Å². The van der Waals surface area contributed by atoms with Gasteiger partial charge in [-0.2, -0.15) is 0 Å². The van der Waals surface area contributed by atoms with E-state index in [1.807, 2.05) is 11.3 Å². The SMILES string of the molecule is CC(C)c1nc(N2CCOCC2C)sc1CNC1CC1. The minimum absolute atomic E-state index is 0.430. The van der Waals surface area contributed by atoms with E-state index in [9.17, 15) is 0 Å². The molecule has 1 N–H and O–H groups in total. The molecule has 1 saturated carbocycles. The van der Waals surface area contributed by atoms with Gasteiger partial charge in [-0.15, -0.1) is 11.3 Å². The first-order valence-electron chi connectivity index (χ1n) is 7.72. The van der Waals surface area contributed by atoms with Crippen LogP contribution in [0.15, 0.2) is 0 Å². The highest BCUT2D eigenvalue weighted by molar-refractivity contribution is 7.15. The molecule has 1 aromatic heterocycles. The van der Waals surface area contributed by atoms with E-state index < -0.39 is 0 Å². The standard InChI is InChI=1S/C15H25N3OS/c1-10(2)14-13(8-16-12-4-5-12)20-15(17-14)18-6-7-19-9-11(18)3/h10-12,16H,4-9H2,1-3H3. The van der Waals surface area contributed by atoms with Gasteiger partial charge in [0.1, 0.15) is 0 Å². The highest BCUT2D eigenvalue weighted by Gasteiger charge is 2.26. The van der Waals surface area contributed by atoms with Crippen LogP contribution in [0.1, 0.15) is 50.1 Å². The Balaban J connectivity index is 1.77. The van der Waals surface area contributed by atoms with E-state index in [1.54, 1.807) is 0 Å². The van der Waals surface area contributed by atoms with Crippen molar-refractivity contribution in [3.05, 3.63) is 10.6 Å². The van der Waals surface area contributed by atoms with Crippen LogP contribution in [0.4, 0.5) is 5.13 Å². The van der Waals surface area contributed by atoms with Gasteiger partial charge in [-0.1, -0.05) is 13.8 Å². The van der Waals surface area contributed by atoms with Crippen molar-refractivity contribution in [2.45, 2.75) is 58.2 Å². The van der Waals surface area contributed by atoms with Gasteiger partial charge in [-0.05, 0) is 25.7 Å². The van der Waals surface area contributed by atoms with Crippen molar-refractivity contribution < 1.29 is 4.74 Å². The molecule has 0 radical (unpaired) electrons. The Hall–Kier alpha value is -0.650. The zero-order chi connectivity index (χ0) is 14.1. The molecule has 1 aliphatic heterocycles. The maximum atomic E-state index is 5.53. The van der Waals surface area contributed by atoms with Crippen molar-refractivity contribution in [3.8, 4) is 0 Å². The minimum Gasteiger partial charge on any atom is -0.377 e. The van der Waals surface area contributed by atoms with E-state index >= 15 is 0 Å². The van der Waals surface area contributed by atoms with Gasteiger partial charge in [0.25, 0.3) is 0 Å². The van der Waals surface area contributed by atoms with Gasteiger partial charge >= 0.3 is 0 Å². The fraction of sp³-hybridized carbons (Fsp3) is 0.800. The lowest BCUT2D eigenvalue weighted by molar-refractivity contribution is 0.0989. The van der Waals surface area contributed by atoms with E-state index in [0.29, 0.717) is 12.0 Å². The number of nitrogens with one attached hydrogen (secondary N) is 1. The molecule has 2 aliphatic rings. The summed E-state index contributed by atoms with van der Waals surface area (Å²) in [5.41, 5.74) is 1.27. The van der Waals surface area contributed by atoms with E-state index in [1.165, 1.54) is 28.5 Å². The third-order valence-electron chi connectivity index (χ3n) is 4.01. The molecule has 112 valence electrons. The highest BCUT2D eigenvalue weighted by atomic mass is 32.1. The summed E-state index contributed by atoms with van der Waals surface area (Å²) < 4.78 is 5.53. The van der Waals surface area contributed by atoms with Gasteiger partial charge in [0, 0.05) is 24.0 Å². The molecule has 1 unspecified atom stereocenters. The average molecular weight is 295 g/mol. The minimum atomic E-state index is 0.430. The third kappa shape index (κ3) is 3.15. The zero-order valence-corrected chi connectivity index (χ0v) is 13.5. The highest BCUT2D eigenvalue weighted by Crippen LogP contribution is 2.33. The van der Waals surface area contributed by atoms with Crippen LogP contribution in [0, 0.1) is 0 Å². The largest absolute Gasteiger partial charge is 0.377 e. The van der Waals surface area contributed by atoms with Gasteiger partial charge in [0.2, 0.25) is 0 Å². The number of hydrogen-bond donors (Lipinski definition) is 1. The summed E-state index contributed by atoms with van der Waals surface area (Å²) in [5, 5.41) is 4.80. The molecule has 1 aromatic rings. The maximum Gasteiger partial charge on any atom is 0.186 e. The van der Waals surface area contributed by atoms with Gasteiger partial charge in [0.15, 0.2) is 5.13 Å². The Morgan fingerprint density at radius 3 is 2.90 bits per heavy atom. The van der Waals surface area contributed by atoms with E-state index in [2.05, 4.69) is 31.0 Å². The molecule has 0 spiro atoms. The van der Waals surface area contributed by atoms with E-state index in [4.69, 9.17) is 9.72 Å². The van der Waals surface area contributed by atoms with Crippen molar-refractivity contribution >= 4 is 16.5 Å². The second kappa shape index (κ2) is 6.00. The molecule has 20 heavy (non-hydrogen) atoms. The second-order valence-corrected chi connectivity index (χ2v) is 7.29. The van der Waals surface area contributed by atoms with Crippen molar-refractivity contribution in [2.75, 3.05) is 24.7 Å². The molecule has 0 aromatic carbocycles. The lowest BCUT2D eigenvalue weighted by atomic mass is 10.1. The van der Waals surface area contributed by atoms with Gasteiger partial charge in [-0.25, -0.2) is 4.98 Å². The summed E-state index contributed by atoms with van der Waals surface area (Å²) in [7, 11) is 0. The molecule has 2 heterocycles. The predicted octanol–water partition coefficient (Wildman–Crippen LogP) is 2.74.